The Bertz CT molecular complexity index is 1170. The summed E-state index contributed by atoms with van der Waals surface area (Å²) in [7, 11) is 0. The number of fused-ring (bicyclic) bond motifs is 1. The maximum atomic E-state index is 13.2. The number of carbonyl (C=O) groups excluding carboxylic acids is 2. The molecule has 31 heavy (non-hydrogen) atoms. The van der Waals surface area contributed by atoms with Crippen LogP contribution in [-0.4, -0.2) is 34.4 Å². The lowest BCUT2D eigenvalue weighted by Gasteiger charge is -2.34. The van der Waals surface area contributed by atoms with Crippen LogP contribution in [0.2, 0.25) is 0 Å². The van der Waals surface area contributed by atoms with Crippen molar-refractivity contribution in [3.63, 3.8) is 0 Å². The number of benzene rings is 2. The second-order valence-electron chi connectivity index (χ2n) is 8.12. The van der Waals surface area contributed by atoms with Crippen LogP contribution in [0.15, 0.2) is 51.7 Å². The summed E-state index contributed by atoms with van der Waals surface area (Å²) >= 11 is 0. The molecule has 1 saturated heterocycles. The van der Waals surface area contributed by atoms with Crippen molar-refractivity contribution in [2.75, 3.05) is 13.1 Å². The van der Waals surface area contributed by atoms with Gasteiger partial charge in [-0.05, 0) is 43.9 Å². The van der Waals surface area contributed by atoms with Gasteiger partial charge in [-0.25, -0.2) is 4.79 Å². The van der Waals surface area contributed by atoms with Crippen LogP contribution in [0, 0.1) is 13.8 Å². The fourth-order valence-electron chi connectivity index (χ4n) is 4.39. The highest BCUT2D eigenvalue weighted by Gasteiger charge is 2.33. The van der Waals surface area contributed by atoms with Gasteiger partial charge >= 0.3 is 11.7 Å². The van der Waals surface area contributed by atoms with E-state index in [0.717, 1.165) is 16.6 Å². The minimum absolute atomic E-state index is 0.0529. The van der Waals surface area contributed by atoms with Gasteiger partial charge in [0.15, 0.2) is 5.58 Å². The minimum Gasteiger partial charge on any atom is -0.447 e. The average molecular weight is 422 g/mol. The molecule has 1 aromatic heterocycles. The molecule has 1 fully saturated rings. The molecule has 3 aromatic rings. The number of aromatic nitrogens is 1. The van der Waals surface area contributed by atoms with E-state index in [1.807, 2.05) is 44.2 Å². The standard InChI is InChI=1S/C24H26N2O5/c1-15-13-16(2)21-20(14-15)26(24(29)31-21)19-9-11-25(12-10-19)23(28)22(30-17(3)27)18-7-5-4-6-8-18/h4-8,13-14,19,22H,9-12H2,1-3H3. The molecule has 0 spiro atoms. The minimum atomic E-state index is -0.960. The largest absolute Gasteiger partial charge is 0.447 e. The highest BCUT2D eigenvalue weighted by molar-refractivity contribution is 5.85. The predicted octanol–water partition coefficient (Wildman–Crippen LogP) is 3.68. The normalized spacial score (nSPS) is 15.8. The summed E-state index contributed by atoms with van der Waals surface area (Å²) in [5, 5.41) is 0. The van der Waals surface area contributed by atoms with Gasteiger partial charge in [0.1, 0.15) is 0 Å². The first-order chi connectivity index (χ1) is 14.8. The molecule has 7 heteroatoms. The van der Waals surface area contributed by atoms with Gasteiger partial charge < -0.3 is 14.1 Å². The third kappa shape index (κ3) is 4.13. The number of rotatable bonds is 4. The van der Waals surface area contributed by atoms with Gasteiger partial charge in [0.25, 0.3) is 5.91 Å². The van der Waals surface area contributed by atoms with Crippen LogP contribution >= 0.6 is 0 Å². The van der Waals surface area contributed by atoms with Crippen molar-refractivity contribution in [2.24, 2.45) is 0 Å². The number of piperidine rings is 1. The second-order valence-corrected chi connectivity index (χ2v) is 8.12. The Morgan fingerprint density at radius 1 is 1.10 bits per heavy atom. The van der Waals surface area contributed by atoms with Crippen LogP contribution in [0.25, 0.3) is 11.1 Å². The van der Waals surface area contributed by atoms with E-state index in [9.17, 15) is 14.4 Å². The number of hydrogen-bond donors (Lipinski definition) is 0. The molecule has 0 saturated carbocycles. The van der Waals surface area contributed by atoms with Crippen LogP contribution in [0.4, 0.5) is 0 Å². The number of hydrogen-bond acceptors (Lipinski definition) is 5. The molecule has 2 aromatic carbocycles. The fourth-order valence-corrected chi connectivity index (χ4v) is 4.39. The lowest BCUT2D eigenvalue weighted by atomic mass is 10.0. The van der Waals surface area contributed by atoms with Gasteiger partial charge in [-0.3, -0.25) is 14.2 Å². The Kier molecular flexibility index (Phi) is 5.67. The summed E-state index contributed by atoms with van der Waals surface area (Å²) in [5.41, 5.74) is 4.07. The van der Waals surface area contributed by atoms with E-state index in [4.69, 9.17) is 9.15 Å². The molecule has 7 nitrogen and oxygen atoms in total. The SMILES string of the molecule is CC(=O)OC(C(=O)N1CCC(n2c(=O)oc3c(C)cc(C)cc32)CC1)c1ccccc1. The predicted molar refractivity (Wildman–Crippen MR) is 116 cm³/mol. The molecule has 0 radical (unpaired) electrons. The van der Waals surface area contributed by atoms with E-state index in [0.29, 0.717) is 37.1 Å². The maximum absolute atomic E-state index is 13.2. The lowest BCUT2D eigenvalue weighted by Crippen LogP contribution is -2.43. The molecule has 1 unspecified atom stereocenters. The van der Waals surface area contributed by atoms with Gasteiger partial charge in [-0.1, -0.05) is 36.4 Å². The Hall–Kier alpha value is -3.35. The first-order valence-electron chi connectivity index (χ1n) is 10.5. The van der Waals surface area contributed by atoms with Crippen LogP contribution in [0.1, 0.15) is 48.6 Å². The zero-order valence-electron chi connectivity index (χ0n) is 18.0. The highest BCUT2D eigenvalue weighted by Crippen LogP contribution is 2.30. The quantitative estimate of drug-likeness (QED) is 0.599. The van der Waals surface area contributed by atoms with Crippen molar-refractivity contribution in [1.29, 1.82) is 0 Å². The van der Waals surface area contributed by atoms with Gasteiger partial charge in [-0.2, -0.15) is 0 Å². The van der Waals surface area contributed by atoms with Gasteiger partial charge in [0.05, 0.1) is 5.52 Å². The first-order valence-corrected chi connectivity index (χ1v) is 10.5. The van der Waals surface area contributed by atoms with Gasteiger partial charge in [0, 0.05) is 31.6 Å². The van der Waals surface area contributed by atoms with E-state index in [1.54, 1.807) is 21.6 Å². The van der Waals surface area contributed by atoms with Crippen LogP contribution in [-0.2, 0) is 14.3 Å². The molecule has 1 aliphatic rings. The molecule has 2 heterocycles. The summed E-state index contributed by atoms with van der Waals surface area (Å²) in [4.78, 5) is 39.1. The summed E-state index contributed by atoms with van der Waals surface area (Å²) in [6.07, 6.45) is 0.280. The molecular formula is C24H26N2O5. The lowest BCUT2D eigenvalue weighted by molar-refractivity contribution is -0.159. The number of oxazole rings is 1. The summed E-state index contributed by atoms with van der Waals surface area (Å²) in [5.74, 6) is -1.11. The molecule has 162 valence electrons. The van der Waals surface area contributed by atoms with E-state index >= 15 is 0 Å². The van der Waals surface area contributed by atoms with E-state index < -0.39 is 12.1 Å². The highest BCUT2D eigenvalue weighted by atomic mass is 16.5. The maximum Gasteiger partial charge on any atom is 0.420 e. The summed E-state index contributed by atoms with van der Waals surface area (Å²) < 4.78 is 12.6. The van der Waals surface area contributed by atoms with Crippen molar-refractivity contribution >= 4 is 23.0 Å². The average Bonchev–Trinajstić information content (AvgIpc) is 3.08. The summed E-state index contributed by atoms with van der Waals surface area (Å²) in [6.45, 7) is 6.17. The number of aryl methyl sites for hydroxylation is 2. The number of carbonyl (C=O) groups is 2. The first kappa shape index (κ1) is 20.9. The van der Waals surface area contributed by atoms with Gasteiger partial charge in [0.2, 0.25) is 6.10 Å². The van der Waals surface area contributed by atoms with Crippen molar-refractivity contribution in [1.82, 2.24) is 9.47 Å². The molecule has 0 N–H and O–H groups in total. The Labute approximate surface area is 180 Å². The second kappa shape index (κ2) is 8.41. The number of ether oxygens (including phenoxy) is 1. The zero-order valence-corrected chi connectivity index (χ0v) is 18.0. The smallest absolute Gasteiger partial charge is 0.420 e. The Morgan fingerprint density at radius 2 is 1.77 bits per heavy atom. The molecule has 1 atom stereocenters. The Morgan fingerprint density at radius 3 is 2.42 bits per heavy atom. The number of esters is 1. The Balaban J connectivity index is 1.54. The molecule has 1 aliphatic heterocycles. The van der Waals surface area contributed by atoms with E-state index in [-0.39, 0.29) is 17.7 Å². The molecule has 1 amide bonds. The van der Waals surface area contributed by atoms with Crippen molar-refractivity contribution in [2.45, 2.75) is 45.8 Å². The monoisotopic (exact) mass is 422 g/mol. The topological polar surface area (TPSA) is 81.8 Å². The molecular weight excluding hydrogens is 396 g/mol. The van der Waals surface area contributed by atoms with Crippen molar-refractivity contribution < 1.29 is 18.7 Å². The molecule has 0 bridgehead atoms. The number of amides is 1. The third-order valence-corrected chi connectivity index (χ3v) is 5.80. The van der Waals surface area contributed by atoms with E-state index in [2.05, 4.69) is 0 Å². The third-order valence-electron chi connectivity index (χ3n) is 5.80. The van der Waals surface area contributed by atoms with Crippen LogP contribution < -0.4 is 5.76 Å². The number of likely N-dealkylation sites (tertiary alicyclic amines) is 1. The summed E-state index contributed by atoms with van der Waals surface area (Å²) in [6, 6.07) is 12.9. The van der Waals surface area contributed by atoms with Gasteiger partial charge in [-0.15, -0.1) is 0 Å². The number of nitrogens with zero attached hydrogens (tertiary/aromatic N) is 2. The van der Waals surface area contributed by atoms with Crippen LogP contribution in [0.5, 0.6) is 0 Å². The fraction of sp³-hybridized carbons (Fsp3) is 0.375. The molecule has 4 rings (SSSR count). The molecule has 0 aliphatic carbocycles. The van der Waals surface area contributed by atoms with Crippen LogP contribution in [0.3, 0.4) is 0 Å². The zero-order chi connectivity index (χ0) is 22.1. The van der Waals surface area contributed by atoms with Crippen molar-refractivity contribution in [3.8, 4) is 0 Å². The van der Waals surface area contributed by atoms with Crippen molar-refractivity contribution in [3.05, 3.63) is 69.7 Å². The van der Waals surface area contributed by atoms with E-state index in [1.165, 1.54) is 6.92 Å².